The first-order valence-corrected chi connectivity index (χ1v) is 5.32. The molecule has 0 bridgehead atoms. The molecule has 0 fully saturated rings. The van der Waals surface area contributed by atoms with Gasteiger partial charge < -0.3 is 10.8 Å². The monoisotopic (exact) mass is 241 g/mol. The van der Waals surface area contributed by atoms with E-state index in [0.717, 1.165) is 19.5 Å². The highest BCUT2D eigenvalue weighted by Crippen LogP contribution is 2.17. The Morgan fingerprint density at radius 3 is 3.06 bits per heavy atom. The minimum atomic E-state index is -0.409. The van der Waals surface area contributed by atoms with Crippen molar-refractivity contribution in [1.82, 2.24) is 9.88 Å². The molecule has 2 rings (SSSR count). The van der Waals surface area contributed by atoms with Crippen LogP contribution >= 0.6 is 13.5 Å². The van der Waals surface area contributed by atoms with Crippen LogP contribution in [0.5, 0.6) is 0 Å². The van der Waals surface area contributed by atoms with Crippen LogP contribution in [-0.4, -0.2) is 40.7 Å². The van der Waals surface area contributed by atoms with E-state index in [1.54, 1.807) is 0 Å². The van der Waals surface area contributed by atoms with Crippen LogP contribution in [0.4, 0.5) is 0 Å². The van der Waals surface area contributed by atoms with Gasteiger partial charge in [-0.15, -0.1) is 0 Å². The molecule has 90 valence electrons. The zero-order chi connectivity index (χ0) is 10.7. The number of hydrogen-bond acceptors (Lipinski definition) is 4. The SMILES string of the molecule is NC[C@H](O)CN1CCc2cnccc2C1.S. The first-order valence-electron chi connectivity index (χ1n) is 5.32. The number of aliphatic hydroxyl groups excluding tert-OH is 1. The van der Waals surface area contributed by atoms with E-state index in [1.807, 2.05) is 12.4 Å². The molecule has 0 unspecified atom stereocenters. The summed E-state index contributed by atoms with van der Waals surface area (Å²) in [5.74, 6) is 0. The van der Waals surface area contributed by atoms with Crippen molar-refractivity contribution in [2.75, 3.05) is 19.6 Å². The van der Waals surface area contributed by atoms with E-state index < -0.39 is 6.10 Å². The van der Waals surface area contributed by atoms with E-state index in [1.165, 1.54) is 11.1 Å². The van der Waals surface area contributed by atoms with E-state index >= 15 is 0 Å². The molecule has 0 saturated carbocycles. The van der Waals surface area contributed by atoms with Gasteiger partial charge in [0.2, 0.25) is 0 Å². The lowest BCUT2D eigenvalue weighted by Crippen LogP contribution is -2.39. The maximum atomic E-state index is 9.48. The average Bonchev–Trinajstić information content (AvgIpc) is 2.29. The predicted octanol–water partition coefficient (Wildman–Crippen LogP) is -0.128. The second-order valence-electron chi connectivity index (χ2n) is 4.02. The van der Waals surface area contributed by atoms with Gasteiger partial charge in [0.1, 0.15) is 0 Å². The summed E-state index contributed by atoms with van der Waals surface area (Å²) in [7, 11) is 0. The maximum Gasteiger partial charge on any atom is 0.0789 e. The standard InChI is InChI=1S/C11H17N3O.H2S/c12-5-11(15)8-14-4-2-9-6-13-3-1-10(9)7-14;/h1,3,6,11,15H,2,4-5,7-8,12H2;1H2/t11-;/m0./s1. The third-order valence-corrected chi connectivity index (χ3v) is 2.84. The highest BCUT2D eigenvalue weighted by Gasteiger charge is 2.17. The third-order valence-electron chi connectivity index (χ3n) is 2.84. The summed E-state index contributed by atoms with van der Waals surface area (Å²) in [6.45, 7) is 2.88. The van der Waals surface area contributed by atoms with Gasteiger partial charge >= 0.3 is 0 Å². The average molecular weight is 241 g/mol. The van der Waals surface area contributed by atoms with Crippen LogP contribution in [0.25, 0.3) is 0 Å². The van der Waals surface area contributed by atoms with Crippen molar-refractivity contribution < 1.29 is 5.11 Å². The van der Waals surface area contributed by atoms with Crippen LogP contribution in [0.1, 0.15) is 11.1 Å². The molecular formula is C11H19N3OS. The fraction of sp³-hybridized carbons (Fsp3) is 0.545. The van der Waals surface area contributed by atoms with Crippen molar-refractivity contribution in [3.63, 3.8) is 0 Å². The second-order valence-corrected chi connectivity index (χ2v) is 4.02. The van der Waals surface area contributed by atoms with Crippen LogP contribution in [0.3, 0.4) is 0 Å². The number of pyridine rings is 1. The normalized spacial score (nSPS) is 17.4. The number of nitrogens with two attached hydrogens (primary N) is 1. The van der Waals surface area contributed by atoms with Gasteiger partial charge in [0.25, 0.3) is 0 Å². The second kappa shape index (κ2) is 6.20. The van der Waals surface area contributed by atoms with E-state index in [0.29, 0.717) is 13.1 Å². The van der Waals surface area contributed by atoms with E-state index in [2.05, 4.69) is 16.0 Å². The summed E-state index contributed by atoms with van der Waals surface area (Å²) in [4.78, 5) is 6.35. The predicted molar refractivity (Wildman–Crippen MR) is 68.7 cm³/mol. The number of β-amino-alcohol motifs (C(OH)–C–C–N with tert-alkyl or cyclic N) is 1. The molecule has 4 nitrogen and oxygen atoms in total. The Morgan fingerprint density at radius 1 is 1.50 bits per heavy atom. The van der Waals surface area contributed by atoms with Gasteiger partial charge in [-0.2, -0.15) is 13.5 Å². The van der Waals surface area contributed by atoms with Gasteiger partial charge in [-0.05, 0) is 23.6 Å². The molecule has 5 heteroatoms. The van der Waals surface area contributed by atoms with E-state index in [-0.39, 0.29) is 13.5 Å². The van der Waals surface area contributed by atoms with Crippen molar-refractivity contribution in [2.24, 2.45) is 5.73 Å². The summed E-state index contributed by atoms with van der Waals surface area (Å²) in [6.07, 6.45) is 4.36. The molecule has 3 N–H and O–H groups in total. The largest absolute Gasteiger partial charge is 0.390 e. The van der Waals surface area contributed by atoms with Crippen LogP contribution in [-0.2, 0) is 13.0 Å². The molecule has 0 amide bonds. The van der Waals surface area contributed by atoms with Crippen molar-refractivity contribution >= 4 is 13.5 Å². The highest BCUT2D eigenvalue weighted by molar-refractivity contribution is 7.59. The van der Waals surface area contributed by atoms with Gasteiger partial charge in [0.05, 0.1) is 6.10 Å². The van der Waals surface area contributed by atoms with Crippen LogP contribution in [0.2, 0.25) is 0 Å². The number of rotatable bonds is 3. The Balaban J connectivity index is 0.00000128. The van der Waals surface area contributed by atoms with Crippen molar-refractivity contribution in [1.29, 1.82) is 0 Å². The fourth-order valence-corrected chi connectivity index (χ4v) is 1.96. The summed E-state index contributed by atoms with van der Waals surface area (Å²) < 4.78 is 0. The van der Waals surface area contributed by atoms with Gasteiger partial charge in [0.15, 0.2) is 0 Å². The Hall–Kier alpha value is -0.620. The summed E-state index contributed by atoms with van der Waals surface area (Å²) in [5.41, 5.74) is 8.05. The molecule has 1 aromatic heterocycles. The summed E-state index contributed by atoms with van der Waals surface area (Å²) in [5, 5.41) is 9.48. The van der Waals surface area contributed by atoms with Gasteiger partial charge in [-0.1, -0.05) is 0 Å². The minimum absolute atomic E-state index is 0. The molecule has 0 saturated heterocycles. The van der Waals surface area contributed by atoms with Crippen LogP contribution < -0.4 is 5.73 Å². The number of hydrogen-bond donors (Lipinski definition) is 2. The van der Waals surface area contributed by atoms with Gasteiger partial charge in [-0.25, -0.2) is 0 Å². The lowest BCUT2D eigenvalue weighted by atomic mass is 10.0. The fourth-order valence-electron chi connectivity index (χ4n) is 1.96. The number of fused-ring (bicyclic) bond motifs is 1. The molecular weight excluding hydrogens is 222 g/mol. The number of aliphatic hydroxyl groups is 1. The molecule has 1 aliphatic rings. The zero-order valence-electron chi connectivity index (χ0n) is 9.26. The Morgan fingerprint density at radius 2 is 2.31 bits per heavy atom. The molecule has 0 spiro atoms. The molecule has 1 aliphatic heterocycles. The summed E-state index contributed by atoms with van der Waals surface area (Å²) >= 11 is 0. The van der Waals surface area contributed by atoms with Crippen LogP contribution in [0.15, 0.2) is 18.5 Å². The lowest BCUT2D eigenvalue weighted by Gasteiger charge is -2.29. The molecule has 0 aromatic carbocycles. The molecule has 1 aromatic rings. The highest BCUT2D eigenvalue weighted by atomic mass is 32.1. The number of aromatic nitrogens is 1. The van der Waals surface area contributed by atoms with Crippen molar-refractivity contribution in [2.45, 2.75) is 19.1 Å². The molecule has 0 radical (unpaired) electrons. The summed E-state index contributed by atoms with van der Waals surface area (Å²) in [6, 6.07) is 2.05. The smallest absolute Gasteiger partial charge is 0.0789 e. The van der Waals surface area contributed by atoms with Crippen LogP contribution in [0, 0.1) is 0 Å². The lowest BCUT2D eigenvalue weighted by molar-refractivity contribution is 0.111. The van der Waals surface area contributed by atoms with E-state index in [4.69, 9.17) is 5.73 Å². The quantitative estimate of drug-likeness (QED) is 0.774. The minimum Gasteiger partial charge on any atom is -0.390 e. The van der Waals surface area contributed by atoms with Gasteiger partial charge in [0, 0.05) is 38.6 Å². The number of nitrogens with zero attached hydrogens (tertiary/aromatic N) is 2. The molecule has 1 atom stereocenters. The van der Waals surface area contributed by atoms with E-state index in [9.17, 15) is 5.11 Å². The maximum absolute atomic E-state index is 9.48. The first kappa shape index (κ1) is 13.4. The Kier molecular flexibility index (Phi) is 5.21. The molecule has 0 aliphatic carbocycles. The third kappa shape index (κ3) is 3.18. The molecule has 16 heavy (non-hydrogen) atoms. The van der Waals surface area contributed by atoms with Crippen molar-refractivity contribution in [3.8, 4) is 0 Å². The zero-order valence-corrected chi connectivity index (χ0v) is 10.3. The molecule has 2 heterocycles. The Labute approximate surface area is 103 Å². The van der Waals surface area contributed by atoms with Gasteiger partial charge in [-0.3, -0.25) is 9.88 Å². The first-order chi connectivity index (χ1) is 7.29. The topological polar surface area (TPSA) is 62.4 Å². The Bertz CT molecular complexity index is 335. The van der Waals surface area contributed by atoms with Crippen molar-refractivity contribution in [3.05, 3.63) is 29.6 Å².